The van der Waals surface area contributed by atoms with Gasteiger partial charge in [-0.15, -0.1) is 0 Å². The Bertz CT molecular complexity index is 455. The highest BCUT2D eigenvalue weighted by atomic mass is 14.6. The van der Waals surface area contributed by atoms with Crippen LogP contribution in [0.3, 0.4) is 0 Å². The third kappa shape index (κ3) is 5.69. The standard InChI is InChI=1S/C10H14.C8H11N/c1-8(2)10-6-4-9(3)5-7-10;1-7(2)8-3-5-9-6-4-8/h4-8H,1-3H3;3-7H,1-2H3. The van der Waals surface area contributed by atoms with Crippen LogP contribution in [0.2, 0.25) is 0 Å². The molecular weight excluding hydrogens is 230 g/mol. The highest BCUT2D eigenvalue weighted by molar-refractivity contribution is 5.23. The van der Waals surface area contributed by atoms with E-state index in [9.17, 15) is 0 Å². The lowest BCUT2D eigenvalue weighted by Gasteiger charge is -2.03. The van der Waals surface area contributed by atoms with Crippen LogP contribution in [0.15, 0.2) is 48.8 Å². The van der Waals surface area contributed by atoms with E-state index >= 15 is 0 Å². The van der Waals surface area contributed by atoms with E-state index in [-0.39, 0.29) is 0 Å². The molecule has 1 aromatic heterocycles. The van der Waals surface area contributed by atoms with Gasteiger partial charge in [-0.2, -0.15) is 0 Å². The van der Waals surface area contributed by atoms with Crippen molar-refractivity contribution in [3.63, 3.8) is 0 Å². The van der Waals surface area contributed by atoms with Gasteiger partial charge in [0.15, 0.2) is 0 Å². The zero-order valence-corrected chi connectivity index (χ0v) is 12.7. The van der Waals surface area contributed by atoms with E-state index in [0.29, 0.717) is 11.8 Å². The predicted molar refractivity (Wildman–Crippen MR) is 83.6 cm³/mol. The molecule has 0 saturated heterocycles. The topological polar surface area (TPSA) is 12.9 Å². The fourth-order valence-corrected chi connectivity index (χ4v) is 1.70. The Balaban J connectivity index is 0.000000191. The number of pyridine rings is 1. The first-order valence-corrected chi connectivity index (χ1v) is 6.97. The zero-order valence-electron chi connectivity index (χ0n) is 12.7. The van der Waals surface area contributed by atoms with E-state index < -0.39 is 0 Å². The molecule has 0 N–H and O–H groups in total. The van der Waals surface area contributed by atoms with Crippen LogP contribution in [0.4, 0.5) is 0 Å². The van der Waals surface area contributed by atoms with Crippen LogP contribution in [-0.4, -0.2) is 4.98 Å². The molecule has 102 valence electrons. The zero-order chi connectivity index (χ0) is 14.3. The summed E-state index contributed by atoms with van der Waals surface area (Å²) in [5.41, 5.74) is 4.11. The minimum absolute atomic E-state index is 0.619. The molecule has 0 saturated carbocycles. The molecule has 1 heterocycles. The van der Waals surface area contributed by atoms with E-state index in [4.69, 9.17) is 0 Å². The molecule has 0 radical (unpaired) electrons. The van der Waals surface area contributed by atoms with Gasteiger partial charge < -0.3 is 0 Å². The van der Waals surface area contributed by atoms with Crippen LogP contribution in [0.1, 0.15) is 56.2 Å². The van der Waals surface area contributed by atoms with Crippen molar-refractivity contribution >= 4 is 0 Å². The molecule has 0 fully saturated rings. The molecule has 0 amide bonds. The van der Waals surface area contributed by atoms with Crippen LogP contribution < -0.4 is 0 Å². The van der Waals surface area contributed by atoms with Crippen molar-refractivity contribution in [3.05, 3.63) is 65.5 Å². The minimum atomic E-state index is 0.619. The second-order valence-electron chi connectivity index (χ2n) is 5.50. The van der Waals surface area contributed by atoms with Crippen molar-refractivity contribution in [3.8, 4) is 0 Å². The smallest absolute Gasteiger partial charge is 0.0270 e. The highest BCUT2D eigenvalue weighted by Crippen LogP contribution is 2.13. The maximum atomic E-state index is 3.93. The molecule has 0 bridgehead atoms. The molecule has 0 aliphatic rings. The fraction of sp³-hybridized carbons (Fsp3) is 0.389. The van der Waals surface area contributed by atoms with Gasteiger partial charge in [-0.1, -0.05) is 57.5 Å². The van der Waals surface area contributed by atoms with E-state index in [0.717, 1.165) is 0 Å². The summed E-state index contributed by atoms with van der Waals surface area (Å²) in [6.45, 7) is 10.9. The lowest BCUT2D eigenvalue weighted by Crippen LogP contribution is -1.85. The molecule has 0 aliphatic carbocycles. The molecular formula is C18H25N. The van der Waals surface area contributed by atoms with Gasteiger partial charge in [0.1, 0.15) is 0 Å². The van der Waals surface area contributed by atoms with Gasteiger partial charge >= 0.3 is 0 Å². The van der Waals surface area contributed by atoms with Crippen LogP contribution in [-0.2, 0) is 0 Å². The summed E-state index contributed by atoms with van der Waals surface area (Å²) in [5, 5.41) is 0. The van der Waals surface area contributed by atoms with Crippen molar-refractivity contribution in [2.45, 2.75) is 46.5 Å². The maximum Gasteiger partial charge on any atom is 0.0270 e. The third-order valence-electron chi connectivity index (χ3n) is 3.12. The number of hydrogen-bond acceptors (Lipinski definition) is 1. The number of aromatic nitrogens is 1. The summed E-state index contributed by atoms with van der Waals surface area (Å²) in [4.78, 5) is 3.93. The van der Waals surface area contributed by atoms with Gasteiger partial charge in [-0.3, -0.25) is 4.98 Å². The molecule has 0 aliphatic heterocycles. The van der Waals surface area contributed by atoms with Crippen molar-refractivity contribution in [1.29, 1.82) is 0 Å². The van der Waals surface area contributed by atoms with Crippen LogP contribution in [0.5, 0.6) is 0 Å². The first kappa shape index (κ1) is 15.4. The predicted octanol–water partition coefficient (Wildman–Crippen LogP) is 5.32. The van der Waals surface area contributed by atoms with Gasteiger partial charge in [0.25, 0.3) is 0 Å². The maximum absolute atomic E-state index is 3.93. The second-order valence-corrected chi connectivity index (χ2v) is 5.50. The van der Waals surface area contributed by atoms with Crippen LogP contribution in [0.25, 0.3) is 0 Å². The quantitative estimate of drug-likeness (QED) is 0.707. The molecule has 2 rings (SSSR count). The lowest BCUT2D eigenvalue weighted by molar-refractivity contribution is 0.863. The van der Waals surface area contributed by atoms with E-state index in [1.54, 1.807) is 0 Å². The molecule has 19 heavy (non-hydrogen) atoms. The molecule has 0 unspecified atom stereocenters. The van der Waals surface area contributed by atoms with Crippen molar-refractivity contribution in [1.82, 2.24) is 4.98 Å². The summed E-state index contributed by atoms with van der Waals surface area (Å²) in [6, 6.07) is 12.8. The molecule has 1 nitrogen and oxygen atoms in total. The first-order valence-electron chi connectivity index (χ1n) is 6.97. The monoisotopic (exact) mass is 255 g/mol. The summed E-state index contributed by atoms with van der Waals surface area (Å²) >= 11 is 0. The molecule has 2 aromatic rings. The average molecular weight is 255 g/mol. The Kier molecular flexibility index (Phi) is 6.27. The Morgan fingerprint density at radius 1 is 0.684 bits per heavy atom. The number of aryl methyl sites for hydroxylation is 1. The van der Waals surface area contributed by atoms with Crippen LogP contribution in [0, 0.1) is 6.92 Å². The fourth-order valence-electron chi connectivity index (χ4n) is 1.70. The molecule has 0 spiro atoms. The van der Waals surface area contributed by atoms with Crippen molar-refractivity contribution < 1.29 is 0 Å². The number of hydrogen-bond donors (Lipinski definition) is 0. The molecule has 0 atom stereocenters. The van der Waals surface area contributed by atoms with Gasteiger partial charge in [0.2, 0.25) is 0 Å². The Morgan fingerprint density at radius 3 is 1.47 bits per heavy atom. The van der Waals surface area contributed by atoms with E-state index in [1.165, 1.54) is 16.7 Å². The van der Waals surface area contributed by atoms with Crippen LogP contribution >= 0.6 is 0 Å². The summed E-state index contributed by atoms with van der Waals surface area (Å²) in [7, 11) is 0. The largest absolute Gasteiger partial charge is 0.265 e. The molecule has 1 heteroatoms. The Labute approximate surface area is 117 Å². The summed E-state index contributed by atoms with van der Waals surface area (Å²) in [5.74, 6) is 1.27. The van der Waals surface area contributed by atoms with Gasteiger partial charge in [0.05, 0.1) is 0 Å². The summed E-state index contributed by atoms with van der Waals surface area (Å²) < 4.78 is 0. The normalized spacial score (nSPS) is 10.3. The van der Waals surface area contributed by atoms with Crippen molar-refractivity contribution in [2.24, 2.45) is 0 Å². The average Bonchev–Trinajstić information content (AvgIpc) is 2.41. The summed E-state index contributed by atoms with van der Waals surface area (Å²) in [6.07, 6.45) is 3.66. The van der Waals surface area contributed by atoms with E-state index in [1.807, 2.05) is 24.5 Å². The van der Waals surface area contributed by atoms with Gasteiger partial charge in [0, 0.05) is 12.4 Å². The van der Waals surface area contributed by atoms with E-state index in [2.05, 4.69) is 63.9 Å². The molecule has 1 aromatic carbocycles. The van der Waals surface area contributed by atoms with Gasteiger partial charge in [-0.25, -0.2) is 0 Å². The Hall–Kier alpha value is -1.63. The van der Waals surface area contributed by atoms with Crippen molar-refractivity contribution in [2.75, 3.05) is 0 Å². The second kappa shape index (κ2) is 7.73. The first-order chi connectivity index (χ1) is 9.00. The number of benzene rings is 1. The minimum Gasteiger partial charge on any atom is -0.265 e. The highest BCUT2D eigenvalue weighted by Gasteiger charge is 1.95. The SMILES string of the molecule is CC(C)c1ccncc1.Cc1ccc(C(C)C)cc1. The Morgan fingerprint density at radius 2 is 1.11 bits per heavy atom. The number of rotatable bonds is 2. The van der Waals surface area contributed by atoms with Gasteiger partial charge in [-0.05, 0) is 42.0 Å². The number of nitrogens with zero attached hydrogens (tertiary/aromatic N) is 1. The lowest BCUT2D eigenvalue weighted by atomic mass is 10.0. The third-order valence-corrected chi connectivity index (χ3v) is 3.12.